The van der Waals surface area contributed by atoms with Gasteiger partial charge in [-0.25, -0.2) is 8.78 Å². The Hall–Kier alpha value is -2.67. The predicted octanol–water partition coefficient (Wildman–Crippen LogP) is 5.94. The van der Waals surface area contributed by atoms with Gasteiger partial charge in [-0.05, 0) is 82.3 Å². The molecule has 1 heterocycles. The third kappa shape index (κ3) is 6.31. The number of rotatable bonds is 9. The Morgan fingerprint density at radius 3 is 2.31 bits per heavy atom. The van der Waals surface area contributed by atoms with Gasteiger partial charge >= 0.3 is 0 Å². The van der Waals surface area contributed by atoms with Crippen LogP contribution in [-0.2, 0) is 21.5 Å². The fraction of sp³-hybridized carbons (Fsp3) is 0.536. The number of phenols is 1. The smallest absolute Gasteiger partial charge is 0.252 e. The van der Waals surface area contributed by atoms with E-state index in [0.29, 0.717) is 19.6 Å². The first-order chi connectivity index (χ1) is 16.4. The maximum absolute atomic E-state index is 13.8. The van der Waals surface area contributed by atoms with Crippen molar-refractivity contribution in [2.45, 2.75) is 70.9 Å². The zero-order chi connectivity index (χ0) is 25.9. The lowest BCUT2D eigenvalue weighted by atomic mass is 9.67. The van der Waals surface area contributed by atoms with Crippen molar-refractivity contribution in [2.75, 3.05) is 20.3 Å². The molecule has 5 nitrogen and oxygen atoms in total. The molecule has 1 atom stereocenters. The lowest BCUT2D eigenvalue weighted by Gasteiger charge is -2.46. The summed E-state index contributed by atoms with van der Waals surface area (Å²) in [5, 5.41) is 9.62. The minimum absolute atomic E-state index is 0.113. The van der Waals surface area contributed by atoms with E-state index in [2.05, 4.69) is 26.0 Å². The first-order valence-corrected chi connectivity index (χ1v) is 12.0. The van der Waals surface area contributed by atoms with E-state index in [1.807, 2.05) is 12.1 Å². The average Bonchev–Trinajstić information content (AvgIpc) is 2.81. The molecule has 0 radical (unpaired) electrons. The van der Waals surface area contributed by atoms with Crippen LogP contribution in [0.1, 0.15) is 58.1 Å². The molecule has 7 heteroatoms. The van der Waals surface area contributed by atoms with Crippen LogP contribution in [0, 0.1) is 5.41 Å². The van der Waals surface area contributed by atoms with E-state index in [-0.39, 0.29) is 23.3 Å². The van der Waals surface area contributed by atoms with Crippen molar-refractivity contribution in [3.05, 3.63) is 59.7 Å². The van der Waals surface area contributed by atoms with Crippen molar-refractivity contribution in [3.8, 4) is 11.5 Å². The van der Waals surface area contributed by atoms with Gasteiger partial charge in [0.25, 0.3) is 6.43 Å². The summed E-state index contributed by atoms with van der Waals surface area (Å²) in [6.07, 6.45) is -0.668. The quantitative estimate of drug-likeness (QED) is 0.474. The van der Waals surface area contributed by atoms with Gasteiger partial charge in [0.15, 0.2) is 0 Å². The predicted molar refractivity (Wildman–Crippen MR) is 132 cm³/mol. The van der Waals surface area contributed by atoms with Gasteiger partial charge in [-0.2, -0.15) is 0 Å². The molecule has 3 rings (SSSR count). The normalized spacial score (nSPS) is 20.0. The van der Waals surface area contributed by atoms with Crippen LogP contribution in [0.5, 0.6) is 11.5 Å². The molecule has 0 spiro atoms. The molecule has 192 valence electrons. The summed E-state index contributed by atoms with van der Waals surface area (Å²) in [4.78, 5) is 14.9. The van der Waals surface area contributed by atoms with Crippen molar-refractivity contribution in [2.24, 2.45) is 5.41 Å². The van der Waals surface area contributed by atoms with Crippen molar-refractivity contribution in [3.63, 3.8) is 0 Å². The van der Waals surface area contributed by atoms with Gasteiger partial charge in [-0.15, -0.1) is 0 Å². The summed E-state index contributed by atoms with van der Waals surface area (Å²) in [5.41, 5.74) is -0.547. The summed E-state index contributed by atoms with van der Waals surface area (Å²) < 4.78 is 39.0. The number of nitrogens with zero attached hydrogens (tertiary/aromatic N) is 1. The van der Waals surface area contributed by atoms with E-state index < -0.39 is 17.7 Å². The fourth-order valence-electron chi connectivity index (χ4n) is 4.95. The summed E-state index contributed by atoms with van der Waals surface area (Å²) >= 11 is 0. The third-order valence-electron chi connectivity index (χ3n) is 7.09. The first kappa shape index (κ1) is 26.9. The van der Waals surface area contributed by atoms with Gasteiger partial charge < -0.3 is 19.5 Å². The third-order valence-corrected chi connectivity index (χ3v) is 7.09. The van der Waals surface area contributed by atoms with E-state index in [4.69, 9.17) is 9.47 Å². The summed E-state index contributed by atoms with van der Waals surface area (Å²) in [7, 11) is 1.62. The van der Waals surface area contributed by atoms with Crippen LogP contribution in [0.3, 0.4) is 0 Å². The molecular formula is C28H37F2NO4. The van der Waals surface area contributed by atoms with Crippen LogP contribution in [0.25, 0.3) is 0 Å². The second-order valence-corrected chi connectivity index (χ2v) is 10.7. The number of carbonyl (C=O) groups is 1. The maximum atomic E-state index is 13.8. The summed E-state index contributed by atoms with van der Waals surface area (Å²) in [6.45, 7) is 7.79. The van der Waals surface area contributed by atoms with E-state index in [9.17, 15) is 18.7 Å². The number of phenolic OH excluding ortho intramolecular Hbond substituents is 1. The zero-order valence-corrected chi connectivity index (χ0v) is 21.3. The van der Waals surface area contributed by atoms with Gasteiger partial charge in [0.05, 0.1) is 12.7 Å². The van der Waals surface area contributed by atoms with Crippen LogP contribution in [0.2, 0.25) is 0 Å². The molecule has 1 fully saturated rings. The highest BCUT2D eigenvalue weighted by atomic mass is 19.3. The molecule has 2 aromatic carbocycles. The topological polar surface area (TPSA) is 59.0 Å². The molecule has 0 bridgehead atoms. The molecule has 2 aromatic rings. The van der Waals surface area contributed by atoms with Gasteiger partial charge in [-0.3, -0.25) is 4.79 Å². The van der Waals surface area contributed by atoms with Gasteiger partial charge in [0.1, 0.15) is 16.9 Å². The minimum Gasteiger partial charge on any atom is -0.508 e. The Kier molecular flexibility index (Phi) is 8.10. The highest BCUT2D eigenvalue weighted by molar-refractivity contribution is 5.82. The molecule has 1 saturated heterocycles. The van der Waals surface area contributed by atoms with Crippen LogP contribution in [-0.4, -0.2) is 48.2 Å². The minimum atomic E-state index is -2.78. The highest BCUT2D eigenvalue weighted by Crippen LogP contribution is 2.45. The standard InChI is InChI=1S/C28H37F2NO4/c1-26(2)19-28(15-17-35-26,21-8-12-23(34-5)13-9-21)14-16-31(25(33)27(3,4)24(29)30)18-20-6-10-22(32)11-7-20/h6-13,24,32H,14-19H2,1-5H3/t28-/m1/s1. The SMILES string of the molecule is COc1ccc([C@]2(CCN(Cc3ccc(O)cc3)C(=O)C(C)(C)C(F)F)CCOC(C)(C)C2)cc1. The van der Waals surface area contributed by atoms with Crippen LogP contribution in [0.15, 0.2) is 48.5 Å². The second kappa shape index (κ2) is 10.5. The number of amides is 1. The van der Waals surface area contributed by atoms with Crippen LogP contribution < -0.4 is 4.74 Å². The molecule has 0 unspecified atom stereocenters. The maximum Gasteiger partial charge on any atom is 0.252 e. The fourth-order valence-corrected chi connectivity index (χ4v) is 4.95. The second-order valence-electron chi connectivity index (χ2n) is 10.7. The van der Waals surface area contributed by atoms with Gasteiger partial charge in [-0.1, -0.05) is 24.3 Å². The van der Waals surface area contributed by atoms with E-state index >= 15 is 0 Å². The molecule has 0 saturated carbocycles. The largest absolute Gasteiger partial charge is 0.508 e. The first-order valence-electron chi connectivity index (χ1n) is 12.0. The van der Waals surface area contributed by atoms with Crippen LogP contribution in [0.4, 0.5) is 8.78 Å². The number of halogens is 2. The highest BCUT2D eigenvalue weighted by Gasteiger charge is 2.44. The van der Waals surface area contributed by atoms with Crippen molar-refractivity contribution < 1.29 is 28.2 Å². The lowest BCUT2D eigenvalue weighted by Crippen LogP contribution is -2.48. The number of methoxy groups -OCH3 is 1. The summed E-state index contributed by atoms with van der Waals surface area (Å²) in [5.74, 6) is 0.289. The van der Waals surface area contributed by atoms with E-state index in [1.165, 1.54) is 30.9 Å². The molecule has 0 aliphatic carbocycles. The molecule has 1 aliphatic heterocycles. The molecule has 35 heavy (non-hydrogen) atoms. The average molecular weight is 490 g/mol. The van der Waals surface area contributed by atoms with E-state index in [0.717, 1.165) is 29.7 Å². The molecule has 0 aromatic heterocycles. The van der Waals surface area contributed by atoms with Crippen molar-refractivity contribution in [1.29, 1.82) is 0 Å². The van der Waals surface area contributed by atoms with Gasteiger partial charge in [0.2, 0.25) is 5.91 Å². The number of hydrogen-bond donors (Lipinski definition) is 1. The summed E-state index contributed by atoms with van der Waals surface area (Å²) in [6, 6.07) is 14.5. The number of hydrogen-bond acceptors (Lipinski definition) is 4. The lowest BCUT2D eigenvalue weighted by molar-refractivity contribution is -0.150. The molecule has 1 N–H and O–H groups in total. The number of ether oxygens (including phenoxy) is 2. The Morgan fingerprint density at radius 2 is 1.77 bits per heavy atom. The van der Waals surface area contributed by atoms with Gasteiger partial charge in [0, 0.05) is 25.1 Å². The Labute approximate surface area is 207 Å². The van der Waals surface area contributed by atoms with E-state index in [1.54, 1.807) is 19.2 Å². The molecule has 1 aliphatic rings. The number of carbonyl (C=O) groups excluding carboxylic acids is 1. The molecular weight excluding hydrogens is 452 g/mol. The van der Waals surface area contributed by atoms with Crippen LogP contribution >= 0.6 is 0 Å². The number of aromatic hydroxyl groups is 1. The monoisotopic (exact) mass is 489 g/mol. The van der Waals surface area contributed by atoms with Crippen molar-refractivity contribution in [1.82, 2.24) is 4.90 Å². The van der Waals surface area contributed by atoms with Crippen molar-refractivity contribution >= 4 is 5.91 Å². The molecule has 1 amide bonds. The Bertz CT molecular complexity index is 989. The zero-order valence-electron chi connectivity index (χ0n) is 21.3. The Balaban J connectivity index is 1.93. The number of benzene rings is 2. The Morgan fingerprint density at radius 1 is 1.14 bits per heavy atom. The number of alkyl halides is 2.